The Morgan fingerprint density at radius 1 is 1.00 bits per heavy atom. The van der Waals surface area contributed by atoms with Crippen molar-refractivity contribution < 1.29 is 4.74 Å². The lowest BCUT2D eigenvalue weighted by molar-refractivity contribution is 0.415. The van der Waals surface area contributed by atoms with Gasteiger partial charge in [-0.2, -0.15) is 0 Å². The first-order valence-electron chi connectivity index (χ1n) is 9.97. The van der Waals surface area contributed by atoms with Gasteiger partial charge in [-0.25, -0.2) is 15.0 Å². The molecule has 0 radical (unpaired) electrons. The Balaban J connectivity index is 1.54. The molecule has 0 fully saturated rings. The number of ether oxygens (including phenoxy) is 1. The van der Waals surface area contributed by atoms with E-state index in [1.165, 1.54) is 5.56 Å². The van der Waals surface area contributed by atoms with Crippen molar-refractivity contribution in [1.29, 1.82) is 0 Å². The number of nitrogens with zero attached hydrogens (tertiary/aromatic N) is 4. The van der Waals surface area contributed by atoms with E-state index >= 15 is 0 Å². The molecule has 7 nitrogen and oxygen atoms in total. The van der Waals surface area contributed by atoms with Gasteiger partial charge in [-0.1, -0.05) is 46.9 Å². The largest absolute Gasteiger partial charge is 0.497 e. The first-order valence-corrected chi connectivity index (χ1v) is 11.5. The number of aromatic amines is 1. The minimum absolute atomic E-state index is 0.583. The van der Waals surface area contributed by atoms with E-state index in [0.717, 1.165) is 37.9 Å². The molecule has 0 aliphatic rings. The van der Waals surface area contributed by atoms with Gasteiger partial charge in [0.1, 0.15) is 11.6 Å². The smallest absolute Gasteiger partial charge is 0.206 e. The summed E-state index contributed by atoms with van der Waals surface area (Å²) in [6.07, 6.45) is 5.36. The van der Waals surface area contributed by atoms with E-state index in [0.29, 0.717) is 17.6 Å². The number of imidazole rings is 1. The molecule has 2 aromatic carbocycles. The molecule has 2 N–H and O–H groups in total. The summed E-state index contributed by atoms with van der Waals surface area (Å²) in [4.78, 5) is 21.6. The van der Waals surface area contributed by atoms with Gasteiger partial charge in [-0.3, -0.25) is 4.98 Å². The standard InChI is InChI=1S/C24H19IN6O/c1-32-18-8-9-20-19(11-18)23(30-22(28-20)17-3-2-10-26-13-17)31-24-27-14-21(29-24)16-6-4-15(12-25)5-7-16/h2-11,13-14H,12H2,1H3,(H2,27,28,29,30,31). The second-order valence-corrected chi connectivity index (χ2v) is 7.87. The van der Waals surface area contributed by atoms with Crippen LogP contribution >= 0.6 is 22.6 Å². The monoisotopic (exact) mass is 534 g/mol. The highest BCUT2D eigenvalue weighted by molar-refractivity contribution is 14.1. The van der Waals surface area contributed by atoms with Crippen LogP contribution in [0.15, 0.2) is 73.2 Å². The molecule has 3 heterocycles. The number of hydrogen-bond donors (Lipinski definition) is 2. The molecular formula is C24H19IN6O. The minimum Gasteiger partial charge on any atom is -0.497 e. The molecular weight excluding hydrogens is 515 g/mol. The summed E-state index contributed by atoms with van der Waals surface area (Å²) in [6.45, 7) is 0. The topological polar surface area (TPSA) is 88.6 Å². The normalized spacial score (nSPS) is 10.9. The maximum atomic E-state index is 5.41. The lowest BCUT2D eigenvalue weighted by atomic mass is 10.1. The fourth-order valence-electron chi connectivity index (χ4n) is 3.36. The van der Waals surface area contributed by atoms with E-state index in [1.807, 2.05) is 36.5 Å². The van der Waals surface area contributed by atoms with Crippen LogP contribution in [0.2, 0.25) is 0 Å². The molecule has 0 spiro atoms. The van der Waals surface area contributed by atoms with Gasteiger partial charge in [0.15, 0.2) is 5.82 Å². The van der Waals surface area contributed by atoms with Crippen LogP contribution < -0.4 is 10.1 Å². The predicted octanol–water partition coefficient (Wildman–Crippen LogP) is 5.77. The summed E-state index contributed by atoms with van der Waals surface area (Å²) >= 11 is 2.36. The maximum absolute atomic E-state index is 5.41. The van der Waals surface area contributed by atoms with Crippen LogP contribution in [-0.4, -0.2) is 32.0 Å². The highest BCUT2D eigenvalue weighted by atomic mass is 127. The molecule has 8 heteroatoms. The molecule has 0 atom stereocenters. The Labute approximate surface area is 198 Å². The van der Waals surface area contributed by atoms with Gasteiger partial charge in [0, 0.05) is 39.5 Å². The average molecular weight is 534 g/mol. The third-order valence-electron chi connectivity index (χ3n) is 5.04. The fourth-order valence-corrected chi connectivity index (χ4v) is 3.87. The number of rotatable bonds is 6. The molecule has 0 amide bonds. The third-order valence-corrected chi connectivity index (χ3v) is 5.92. The second kappa shape index (κ2) is 8.91. The van der Waals surface area contributed by atoms with Crippen LogP contribution in [0.5, 0.6) is 5.75 Å². The van der Waals surface area contributed by atoms with Gasteiger partial charge in [0.2, 0.25) is 5.95 Å². The third kappa shape index (κ3) is 4.13. The molecule has 32 heavy (non-hydrogen) atoms. The Kier molecular flexibility index (Phi) is 5.68. The van der Waals surface area contributed by atoms with Crippen LogP contribution in [0.4, 0.5) is 11.8 Å². The molecule has 0 saturated carbocycles. The molecule has 3 aromatic heterocycles. The summed E-state index contributed by atoms with van der Waals surface area (Å²) in [7, 11) is 1.64. The highest BCUT2D eigenvalue weighted by Gasteiger charge is 2.13. The van der Waals surface area contributed by atoms with Gasteiger partial charge in [0.25, 0.3) is 0 Å². The Hall–Kier alpha value is -3.53. The highest BCUT2D eigenvalue weighted by Crippen LogP contribution is 2.30. The van der Waals surface area contributed by atoms with Crippen LogP contribution in [0.25, 0.3) is 33.5 Å². The SMILES string of the molecule is COc1ccc2nc(-c3cccnc3)nc(Nc3nc(-c4ccc(CI)cc4)c[nH]3)c2c1. The number of halogens is 1. The van der Waals surface area contributed by atoms with E-state index in [2.05, 4.69) is 62.1 Å². The van der Waals surface area contributed by atoms with E-state index < -0.39 is 0 Å². The van der Waals surface area contributed by atoms with Gasteiger partial charge in [0.05, 0.1) is 18.3 Å². The maximum Gasteiger partial charge on any atom is 0.206 e. The molecule has 5 rings (SSSR count). The molecule has 0 saturated heterocycles. The van der Waals surface area contributed by atoms with Gasteiger partial charge >= 0.3 is 0 Å². The number of H-pyrrole nitrogens is 1. The number of alkyl halides is 1. The number of nitrogens with one attached hydrogen (secondary N) is 2. The second-order valence-electron chi connectivity index (χ2n) is 7.11. The number of anilines is 2. The van der Waals surface area contributed by atoms with Gasteiger partial charge in [-0.15, -0.1) is 0 Å². The molecule has 0 unspecified atom stereocenters. The summed E-state index contributed by atoms with van der Waals surface area (Å²) in [5.41, 5.74) is 4.82. The lowest BCUT2D eigenvalue weighted by Crippen LogP contribution is -2.01. The van der Waals surface area contributed by atoms with Crippen molar-refractivity contribution in [3.05, 3.63) is 78.8 Å². The van der Waals surface area contributed by atoms with Crippen molar-refractivity contribution >= 4 is 45.3 Å². The summed E-state index contributed by atoms with van der Waals surface area (Å²) in [6, 6.07) is 17.9. The van der Waals surface area contributed by atoms with Crippen molar-refractivity contribution in [3.63, 3.8) is 0 Å². The van der Waals surface area contributed by atoms with Crippen molar-refractivity contribution in [2.45, 2.75) is 4.43 Å². The fraction of sp³-hybridized carbons (Fsp3) is 0.0833. The number of pyridine rings is 1. The van der Waals surface area contributed by atoms with E-state index in [4.69, 9.17) is 19.7 Å². The number of benzene rings is 2. The quantitative estimate of drug-likeness (QED) is 0.213. The van der Waals surface area contributed by atoms with Crippen molar-refractivity contribution in [2.24, 2.45) is 0 Å². The summed E-state index contributed by atoms with van der Waals surface area (Å²) in [5.74, 6) is 2.54. The van der Waals surface area contributed by atoms with Crippen molar-refractivity contribution in [2.75, 3.05) is 12.4 Å². The van der Waals surface area contributed by atoms with Gasteiger partial charge in [-0.05, 0) is 35.9 Å². The van der Waals surface area contributed by atoms with E-state index in [9.17, 15) is 0 Å². The molecule has 0 bridgehead atoms. The number of hydrogen-bond acceptors (Lipinski definition) is 6. The van der Waals surface area contributed by atoms with Crippen molar-refractivity contribution in [3.8, 4) is 28.4 Å². The molecule has 5 aromatic rings. The molecule has 158 valence electrons. The van der Waals surface area contributed by atoms with Crippen LogP contribution in [0, 0.1) is 0 Å². The van der Waals surface area contributed by atoms with Gasteiger partial charge < -0.3 is 15.0 Å². The zero-order chi connectivity index (χ0) is 21.9. The van der Waals surface area contributed by atoms with E-state index in [-0.39, 0.29) is 0 Å². The first kappa shape index (κ1) is 20.4. The Morgan fingerprint density at radius 3 is 2.62 bits per heavy atom. The van der Waals surface area contributed by atoms with Crippen molar-refractivity contribution in [1.82, 2.24) is 24.9 Å². The number of aromatic nitrogens is 5. The summed E-state index contributed by atoms with van der Waals surface area (Å²) in [5, 5.41) is 4.16. The van der Waals surface area contributed by atoms with Crippen LogP contribution in [-0.2, 0) is 4.43 Å². The van der Waals surface area contributed by atoms with Crippen LogP contribution in [0.3, 0.4) is 0 Å². The Morgan fingerprint density at radius 2 is 1.88 bits per heavy atom. The zero-order valence-corrected chi connectivity index (χ0v) is 19.4. The number of fused-ring (bicyclic) bond motifs is 1. The lowest BCUT2D eigenvalue weighted by Gasteiger charge is -2.10. The molecule has 0 aliphatic carbocycles. The zero-order valence-electron chi connectivity index (χ0n) is 17.2. The first-order chi connectivity index (χ1) is 15.7. The minimum atomic E-state index is 0.583. The summed E-state index contributed by atoms with van der Waals surface area (Å²) < 4.78 is 6.39. The predicted molar refractivity (Wildman–Crippen MR) is 134 cm³/mol. The Bertz CT molecular complexity index is 1370. The molecule has 0 aliphatic heterocycles. The number of methoxy groups -OCH3 is 1. The average Bonchev–Trinajstić information content (AvgIpc) is 3.32. The van der Waals surface area contributed by atoms with E-state index in [1.54, 1.807) is 19.5 Å². The van der Waals surface area contributed by atoms with Crippen LogP contribution in [0.1, 0.15) is 5.56 Å².